The highest BCUT2D eigenvalue weighted by Crippen LogP contribution is 2.35. The van der Waals surface area contributed by atoms with Gasteiger partial charge in [-0.3, -0.25) is 4.79 Å². The molecule has 0 bridgehead atoms. The largest absolute Gasteiger partial charge is 0.417 e. The molecule has 21 heavy (non-hydrogen) atoms. The van der Waals surface area contributed by atoms with Crippen LogP contribution in [-0.4, -0.2) is 17.9 Å². The Morgan fingerprint density at radius 3 is 2.62 bits per heavy atom. The van der Waals surface area contributed by atoms with Crippen LogP contribution in [0.25, 0.3) is 0 Å². The Morgan fingerprint density at radius 2 is 2.05 bits per heavy atom. The van der Waals surface area contributed by atoms with Crippen molar-refractivity contribution in [1.82, 2.24) is 4.90 Å². The maximum absolute atomic E-state index is 12.8. The van der Waals surface area contributed by atoms with Gasteiger partial charge in [0.05, 0.1) is 5.56 Å². The second-order valence-corrected chi connectivity index (χ2v) is 6.12. The van der Waals surface area contributed by atoms with Crippen LogP contribution >= 0.6 is 27.3 Å². The van der Waals surface area contributed by atoms with Crippen LogP contribution in [0.5, 0.6) is 0 Å². The van der Waals surface area contributed by atoms with Crippen molar-refractivity contribution in [1.29, 1.82) is 0 Å². The summed E-state index contributed by atoms with van der Waals surface area (Å²) in [5.41, 5.74) is 0.115. The van der Waals surface area contributed by atoms with Gasteiger partial charge < -0.3 is 4.90 Å². The molecule has 1 heterocycles. The highest BCUT2D eigenvalue weighted by Gasteiger charge is 2.33. The van der Waals surface area contributed by atoms with Gasteiger partial charge in [0, 0.05) is 23.6 Å². The Bertz CT molecular complexity index is 640. The fourth-order valence-electron chi connectivity index (χ4n) is 1.82. The third-order valence-corrected chi connectivity index (χ3v) is 4.29. The van der Waals surface area contributed by atoms with E-state index in [4.69, 9.17) is 0 Å². The molecule has 0 radical (unpaired) electrons. The zero-order chi connectivity index (χ0) is 15.6. The van der Waals surface area contributed by atoms with Crippen LogP contribution in [0.3, 0.4) is 0 Å². The average Bonchev–Trinajstić information content (AvgIpc) is 2.90. The van der Waals surface area contributed by atoms with Gasteiger partial charge in [0.1, 0.15) is 0 Å². The lowest BCUT2D eigenvalue weighted by atomic mass is 10.1. The SMILES string of the molecule is CN(Cc1ccsc1)C(=O)c1ccc(Br)c(C(F)(F)F)c1. The van der Waals surface area contributed by atoms with E-state index in [2.05, 4.69) is 15.9 Å². The molecule has 0 spiro atoms. The first-order valence-electron chi connectivity index (χ1n) is 5.92. The van der Waals surface area contributed by atoms with Crippen molar-refractivity contribution >= 4 is 33.2 Å². The minimum Gasteiger partial charge on any atom is -0.337 e. The monoisotopic (exact) mass is 377 g/mol. The lowest BCUT2D eigenvalue weighted by Gasteiger charge is -2.18. The van der Waals surface area contributed by atoms with Crippen molar-refractivity contribution in [3.63, 3.8) is 0 Å². The van der Waals surface area contributed by atoms with Crippen LogP contribution in [0, 0.1) is 0 Å². The van der Waals surface area contributed by atoms with Gasteiger partial charge in [-0.1, -0.05) is 15.9 Å². The molecule has 0 aliphatic carbocycles. The fraction of sp³-hybridized carbons (Fsp3) is 0.214. The minimum absolute atomic E-state index is 0.0169. The summed E-state index contributed by atoms with van der Waals surface area (Å²) in [7, 11) is 1.56. The average molecular weight is 378 g/mol. The van der Waals surface area contributed by atoms with E-state index >= 15 is 0 Å². The Balaban J connectivity index is 2.23. The maximum Gasteiger partial charge on any atom is 0.417 e. The van der Waals surface area contributed by atoms with Crippen LogP contribution in [0.4, 0.5) is 13.2 Å². The summed E-state index contributed by atoms with van der Waals surface area (Å²) < 4.78 is 38.5. The predicted molar refractivity (Wildman–Crippen MR) is 79.3 cm³/mol. The molecule has 0 unspecified atom stereocenters. The number of carbonyl (C=O) groups excluding carboxylic acids is 1. The van der Waals surface area contributed by atoms with E-state index in [1.165, 1.54) is 28.4 Å². The lowest BCUT2D eigenvalue weighted by Crippen LogP contribution is -2.26. The zero-order valence-corrected chi connectivity index (χ0v) is 13.3. The second-order valence-electron chi connectivity index (χ2n) is 4.49. The molecule has 7 heteroatoms. The van der Waals surface area contributed by atoms with Crippen molar-refractivity contribution in [3.05, 3.63) is 56.2 Å². The van der Waals surface area contributed by atoms with Crippen LogP contribution in [0.2, 0.25) is 0 Å². The van der Waals surface area contributed by atoms with Gasteiger partial charge in [0.15, 0.2) is 0 Å². The number of rotatable bonds is 3. The molecule has 0 aliphatic heterocycles. The molecule has 0 aliphatic rings. The summed E-state index contributed by atoms with van der Waals surface area (Å²) in [6, 6.07) is 5.37. The summed E-state index contributed by atoms with van der Waals surface area (Å²) in [4.78, 5) is 13.6. The molecule has 2 rings (SSSR count). The van der Waals surface area contributed by atoms with Crippen LogP contribution in [0.15, 0.2) is 39.5 Å². The number of benzene rings is 1. The molecule has 0 saturated heterocycles. The van der Waals surface area contributed by atoms with Gasteiger partial charge in [-0.25, -0.2) is 0 Å². The van der Waals surface area contributed by atoms with E-state index in [0.29, 0.717) is 6.54 Å². The van der Waals surface area contributed by atoms with E-state index in [0.717, 1.165) is 11.6 Å². The molecule has 0 saturated carbocycles. The lowest BCUT2D eigenvalue weighted by molar-refractivity contribution is -0.138. The number of alkyl halides is 3. The number of nitrogens with zero attached hydrogens (tertiary/aromatic N) is 1. The highest BCUT2D eigenvalue weighted by molar-refractivity contribution is 9.10. The van der Waals surface area contributed by atoms with Crippen molar-refractivity contribution in [3.8, 4) is 0 Å². The molecule has 2 aromatic rings. The minimum atomic E-state index is -4.50. The van der Waals surface area contributed by atoms with Gasteiger partial charge in [0.2, 0.25) is 0 Å². The Hall–Kier alpha value is -1.34. The van der Waals surface area contributed by atoms with Gasteiger partial charge in [0.25, 0.3) is 5.91 Å². The van der Waals surface area contributed by atoms with Gasteiger partial charge in [-0.05, 0) is 40.6 Å². The quantitative estimate of drug-likeness (QED) is 0.751. The summed E-state index contributed by atoms with van der Waals surface area (Å²) in [5.74, 6) is -0.445. The van der Waals surface area contributed by atoms with Gasteiger partial charge in [-0.15, -0.1) is 0 Å². The summed E-state index contributed by atoms with van der Waals surface area (Å²) in [6.45, 7) is 0.361. The third kappa shape index (κ3) is 3.85. The summed E-state index contributed by atoms with van der Waals surface area (Å²) in [5, 5.41) is 3.78. The predicted octanol–water partition coefficient (Wildman–Crippen LogP) is 4.80. The molecular formula is C14H11BrF3NOS. The first-order chi connectivity index (χ1) is 9.79. The van der Waals surface area contributed by atoms with Crippen LogP contribution in [0.1, 0.15) is 21.5 Å². The van der Waals surface area contributed by atoms with Crippen molar-refractivity contribution in [2.75, 3.05) is 7.05 Å². The van der Waals surface area contributed by atoms with E-state index in [-0.39, 0.29) is 10.0 Å². The van der Waals surface area contributed by atoms with Crippen LogP contribution in [-0.2, 0) is 12.7 Å². The Kier molecular flexibility index (Phi) is 4.73. The smallest absolute Gasteiger partial charge is 0.337 e. The van der Waals surface area contributed by atoms with E-state index in [1.54, 1.807) is 7.05 Å². The number of hydrogen-bond donors (Lipinski definition) is 0. The Labute approximate surface area is 132 Å². The first-order valence-corrected chi connectivity index (χ1v) is 7.66. The second kappa shape index (κ2) is 6.19. The first kappa shape index (κ1) is 16.0. The van der Waals surface area contributed by atoms with E-state index < -0.39 is 17.6 Å². The standard InChI is InChI=1S/C14H11BrF3NOS/c1-19(7-9-4-5-21-8-9)13(20)10-2-3-12(15)11(6-10)14(16,17)18/h2-6,8H,7H2,1H3. The Morgan fingerprint density at radius 1 is 1.33 bits per heavy atom. The topological polar surface area (TPSA) is 20.3 Å². The fourth-order valence-corrected chi connectivity index (χ4v) is 2.96. The molecule has 2 nitrogen and oxygen atoms in total. The number of carbonyl (C=O) groups is 1. The number of hydrogen-bond acceptors (Lipinski definition) is 2. The normalized spacial score (nSPS) is 11.5. The molecule has 0 N–H and O–H groups in total. The molecule has 0 fully saturated rings. The highest BCUT2D eigenvalue weighted by atomic mass is 79.9. The molecule has 112 valence electrons. The molecular weight excluding hydrogens is 367 g/mol. The zero-order valence-electron chi connectivity index (χ0n) is 10.9. The van der Waals surface area contributed by atoms with Crippen molar-refractivity contribution < 1.29 is 18.0 Å². The molecule has 1 aromatic heterocycles. The number of thiophene rings is 1. The van der Waals surface area contributed by atoms with E-state index in [1.807, 2.05) is 16.8 Å². The summed E-state index contributed by atoms with van der Waals surface area (Å²) in [6.07, 6.45) is -4.50. The van der Waals surface area contributed by atoms with Gasteiger partial charge in [-0.2, -0.15) is 24.5 Å². The van der Waals surface area contributed by atoms with Crippen molar-refractivity contribution in [2.24, 2.45) is 0 Å². The maximum atomic E-state index is 12.8. The van der Waals surface area contributed by atoms with Crippen molar-refractivity contribution in [2.45, 2.75) is 12.7 Å². The number of amides is 1. The van der Waals surface area contributed by atoms with E-state index in [9.17, 15) is 18.0 Å². The molecule has 1 aromatic carbocycles. The molecule has 1 amide bonds. The van der Waals surface area contributed by atoms with Crippen LogP contribution < -0.4 is 0 Å². The third-order valence-electron chi connectivity index (χ3n) is 2.87. The molecule has 0 atom stereocenters. The number of halogens is 4. The summed E-state index contributed by atoms with van der Waals surface area (Å²) >= 11 is 4.36. The van der Waals surface area contributed by atoms with Gasteiger partial charge >= 0.3 is 6.18 Å².